The largest absolute Gasteiger partial charge is 0.497 e. The van der Waals surface area contributed by atoms with Crippen LogP contribution in [0.25, 0.3) is 5.82 Å². The molecule has 1 aliphatic rings. The van der Waals surface area contributed by atoms with Crippen LogP contribution in [0.1, 0.15) is 22.8 Å². The summed E-state index contributed by atoms with van der Waals surface area (Å²) in [7, 11) is 1.64. The minimum atomic E-state index is 0.145. The standard InChI is InChI=1S/C23H28N6O2/c1-16-13-17(2)29(26-16)22-15-21(24-18(3)25-22)27-9-11-28(12-10-27)23(30)14-19-5-7-20(31-4)8-6-19/h5-8,13,15H,9-12,14H2,1-4H3. The summed E-state index contributed by atoms with van der Waals surface area (Å²) < 4.78 is 7.03. The zero-order valence-electron chi connectivity index (χ0n) is 18.5. The lowest BCUT2D eigenvalue weighted by Crippen LogP contribution is -2.49. The average molecular weight is 421 g/mol. The van der Waals surface area contributed by atoms with Crippen LogP contribution >= 0.6 is 0 Å². The first kappa shape index (κ1) is 20.8. The number of amides is 1. The molecular formula is C23H28N6O2. The van der Waals surface area contributed by atoms with E-state index < -0.39 is 0 Å². The topological polar surface area (TPSA) is 76.4 Å². The molecule has 31 heavy (non-hydrogen) atoms. The number of nitrogens with zero attached hydrogens (tertiary/aromatic N) is 6. The quantitative estimate of drug-likeness (QED) is 0.631. The summed E-state index contributed by atoms with van der Waals surface area (Å²) in [5, 5.41) is 4.54. The van der Waals surface area contributed by atoms with E-state index in [4.69, 9.17) is 4.74 Å². The van der Waals surface area contributed by atoms with E-state index in [2.05, 4.69) is 20.0 Å². The third-order valence-electron chi connectivity index (χ3n) is 5.51. The van der Waals surface area contributed by atoms with Crippen LogP contribution in [-0.4, -0.2) is 63.8 Å². The van der Waals surface area contributed by atoms with Crippen LogP contribution in [0.4, 0.5) is 5.82 Å². The Morgan fingerprint density at radius 3 is 2.26 bits per heavy atom. The molecule has 2 aromatic heterocycles. The lowest BCUT2D eigenvalue weighted by Gasteiger charge is -2.35. The van der Waals surface area contributed by atoms with Gasteiger partial charge in [0.05, 0.1) is 19.2 Å². The van der Waals surface area contributed by atoms with Crippen molar-refractivity contribution >= 4 is 11.7 Å². The number of aromatic nitrogens is 4. The molecule has 0 aliphatic carbocycles. The average Bonchev–Trinajstić information content (AvgIpc) is 3.12. The van der Waals surface area contributed by atoms with Gasteiger partial charge in [-0.1, -0.05) is 12.1 Å². The minimum Gasteiger partial charge on any atom is -0.497 e. The summed E-state index contributed by atoms with van der Waals surface area (Å²) in [6, 6.07) is 11.7. The van der Waals surface area contributed by atoms with Crippen molar-refractivity contribution < 1.29 is 9.53 Å². The van der Waals surface area contributed by atoms with Crippen LogP contribution in [0.15, 0.2) is 36.4 Å². The van der Waals surface area contributed by atoms with Gasteiger partial charge in [0.25, 0.3) is 0 Å². The number of piperazine rings is 1. The first-order chi connectivity index (χ1) is 14.9. The van der Waals surface area contributed by atoms with E-state index in [-0.39, 0.29) is 5.91 Å². The van der Waals surface area contributed by atoms with Crippen LogP contribution in [0.2, 0.25) is 0 Å². The molecule has 1 amide bonds. The van der Waals surface area contributed by atoms with Gasteiger partial charge in [0.15, 0.2) is 5.82 Å². The maximum atomic E-state index is 12.7. The molecule has 0 bridgehead atoms. The van der Waals surface area contributed by atoms with E-state index in [1.807, 2.05) is 66.8 Å². The van der Waals surface area contributed by atoms with Gasteiger partial charge in [-0.05, 0) is 44.5 Å². The Morgan fingerprint density at radius 1 is 0.968 bits per heavy atom. The van der Waals surface area contributed by atoms with Crippen LogP contribution in [-0.2, 0) is 11.2 Å². The van der Waals surface area contributed by atoms with Gasteiger partial charge in [-0.3, -0.25) is 4.79 Å². The van der Waals surface area contributed by atoms with Gasteiger partial charge in [0, 0.05) is 37.9 Å². The third kappa shape index (κ3) is 4.68. The zero-order chi connectivity index (χ0) is 22.0. The highest BCUT2D eigenvalue weighted by molar-refractivity contribution is 5.79. The van der Waals surface area contributed by atoms with Crippen molar-refractivity contribution in [3.05, 3.63) is 59.2 Å². The number of benzene rings is 1. The Bertz CT molecular complexity index is 1070. The fourth-order valence-corrected chi connectivity index (χ4v) is 3.88. The molecular weight excluding hydrogens is 392 g/mol. The molecule has 0 atom stereocenters. The molecule has 3 aromatic rings. The number of methoxy groups -OCH3 is 1. The molecule has 0 radical (unpaired) electrons. The first-order valence-corrected chi connectivity index (χ1v) is 10.5. The molecule has 0 spiro atoms. The second-order valence-electron chi connectivity index (χ2n) is 7.86. The highest BCUT2D eigenvalue weighted by Crippen LogP contribution is 2.19. The molecule has 1 saturated heterocycles. The van der Waals surface area contributed by atoms with Gasteiger partial charge >= 0.3 is 0 Å². The third-order valence-corrected chi connectivity index (χ3v) is 5.51. The van der Waals surface area contributed by atoms with Gasteiger partial charge in [-0.2, -0.15) is 5.10 Å². The molecule has 162 valence electrons. The molecule has 1 fully saturated rings. The predicted octanol–water partition coefficient (Wildman–Crippen LogP) is 2.49. The van der Waals surface area contributed by atoms with E-state index >= 15 is 0 Å². The molecule has 3 heterocycles. The van der Waals surface area contributed by atoms with Gasteiger partial charge in [0.2, 0.25) is 5.91 Å². The minimum absolute atomic E-state index is 0.145. The number of aryl methyl sites for hydroxylation is 3. The van der Waals surface area contributed by atoms with Crippen LogP contribution in [0, 0.1) is 20.8 Å². The van der Waals surface area contributed by atoms with Crippen molar-refractivity contribution in [2.45, 2.75) is 27.2 Å². The summed E-state index contributed by atoms with van der Waals surface area (Å²) in [5.41, 5.74) is 2.99. The number of anilines is 1. The lowest BCUT2D eigenvalue weighted by atomic mass is 10.1. The van der Waals surface area contributed by atoms with Crippen molar-refractivity contribution in [3.8, 4) is 11.6 Å². The lowest BCUT2D eigenvalue weighted by molar-refractivity contribution is -0.130. The van der Waals surface area contributed by atoms with Crippen molar-refractivity contribution in [3.63, 3.8) is 0 Å². The summed E-state index contributed by atoms with van der Waals surface area (Å²) in [6.45, 7) is 8.71. The smallest absolute Gasteiger partial charge is 0.227 e. The highest BCUT2D eigenvalue weighted by Gasteiger charge is 2.23. The van der Waals surface area contributed by atoms with E-state index in [9.17, 15) is 4.79 Å². The summed E-state index contributed by atoms with van der Waals surface area (Å²) in [5.74, 6) is 3.29. The Kier molecular flexibility index (Phi) is 5.88. The van der Waals surface area contributed by atoms with Crippen LogP contribution in [0.3, 0.4) is 0 Å². The van der Waals surface area contributed by atoms with Crippen LogP contribution < -0.4 is 9.64 Å². The maximum Gasteiger partial charge on any atom is 0.227 e. The fourth-order valence-electron chi connectivity index (χ4n) is 3.88. The van der Waals surface area contributed by atoms with Crippen molar-refractivity contribution in [1.29, 1.82) is 0 Å². The zero-order valence-corrected chi connectivity index (χ0v) is 18.5. The summed E-state index contributed by atoms with van der Waals surface area (Å²) >= 11 is 0. The Labute approximate surface area is 182 Å². The van der Waals surface area contributed by atoms with Gasteiger partial charge in [0.1, 0.15) is 17.4 Å². The van der Waals surface area contributed by atoms with Gasteiger partial charge in [-0.15, -0.1) is 0 Å². The van der Waals surface area contributed by atoms with Crippen molar-refractivity contribution in [1.82, 2.24) is 24.6 Å². The summed E-state index contributed by atoms with van der Waals surface area (Å²) in [4.78, 5) is 26.1. The maximum absolute atomic E-state index is 12.7. The second kappa shape index (κ2) is 8.75. The molecule has 0 saturated carbocycles. The number of carbonyl (C=O) groups excluding carboxylic acids is 1. The van der Waals surface area contributed by atoms with E-state index in [0.29, 0.717) is 25.3 Å². The molecule has 1 aromatic carbocycles. The fraction of sp³-hybridized carbons (Fsp3) is 0.391. The monoisotopic (exact) mass is 420 g/mol. The van der Waals surface area contributed by atoms with Crippen molar-refractivity contribution in [2.75, 3.05) is 38.2 Å². The summed E-state index contributed by atoms with van der Waals surface area (Å²) in [6.07, 6.45) is 0.401. The molecule has 8 heteroatoms. The van der Waals surface area contributed by atoms with E-state index in [0.717, 1.165) is 47.4 Å². The molecule has 0 unspecified atom stereocenters. The highest BCUT2D eigenvalue weighted by atomic mass is 16.5. The Hall–Kier alpha value is -3.42. The molecule has 1 aliphatic heterocycles. The Morgan fingerprint density at radius 2 is 1.65 bits per heavy atom. The van der Waals surface area contributed by atoms with E-state index in [1.54, 1.807) is 7.11 Å². The predicted molar refractivity (Wildman–Crippen MR) is 119 cm³/mol. The molecule has 4 rings (SSSR count). The van der Waals surface area contributed by atoms with Crippen LogP contribution in [0.5, 0.6) is 5.75 Å². The van der Waals surface area contributed by atoms with Gasteiger partial charge < -0.3 is 14.5 Å². The molecule has 0 N–H and O–H groups in total. The SMILES string of the molecule is COc1ccc(CC(=O)N2CCN(c3cc(-n4nc(C)cc4C)nc(C)n3)CC2)cc1. The number of rotatable bonds is 5. The number of ether oxygens (including phenoxy) is 1. The Balaban J connectivity index is 1.41. The molecule has 8 nitrogen and oxygen atoms in total. The van der Waals surface area contributed by atoms with Gasteiger partial charge in [-0.25, -0.2) is 14.6 Å². The normalized spacial score (nSPS) is 14.1. The van der Waals surface area contributed by atoms with Crippen molar-refractivity contribution in [2.24, 2.45) is 0 Å². The first-order valence-electron chi connectivity index (χ1n) is 10.5. The van der Waals surface area contributed by atoms with E-state index in [1.165, 1.54) is 0 Å². The second-order valence-corrected chi connectivity index (χ2v) is 7.86. The number of carbonyl (C=O) groups is 1. The number of hydrogen-bond donors (Lipinski definition) is 0. The number of hydrogen-bond acceptors (Lipinski definition) is 6.